The van der Waals surface area contributed by atoms with Crippen LogP contribution >= 0.6 is 0 Å². The van der Waals surface area contributed by atoms with Crippen LogP contribution < -0.4 is 5.32 Å². The Morgan fingerprint density at radius 2 is 1.56 bits per heavy atom. The second kappa shape index (κ2) is 8.16. The van der Waals surface area contributed by atoms with Gasteiger partial charge in [0.05, 0.1) is 18.3 Å². The quantitative estimate of drug-likeness (QED) is 0.828. The molecule has 25 heavy (non-hydrogen) atoms. The SMILES string of the molecule is CC(C)OCc1ccc(C(=O)NCc2ccc(C(F)(F)F)cc2)cc1. The molecule has 0 aromatic heterocycles. The van der Waals surface area contributed by atoms with Gasteiger partial charge in [0.25, 0.3) is 5.91 Å². The number of benzene rings is 2. The number of carbonyl (C=O) groups is 1. The zero-order chi connectivity index (χ0) is 18.4. The van der Waals surface area contributed by atoms with Crippen molar-refractivity contribution in [2.24, 2.45) is 0 Å². The van der Waals surface area contributed by atoms with Crippen molar-refractivity contribution in [3.8, 4) is 0 Å². The van der Waals surface area contributed by atoms with E-state index in [9.17, 15) is 18.0 Å². The minimum absolute atomic E-state index is 0.131. The molecule has 6 heteroatoms. The van der Waals surface area contributed by atoms with E-state index in [1.165, 1.54) is 12.1 Å². The number of amides is 1. The molecule has 2 rings (SSSR count). The number of halogens is 3. The van der Waals surface area contributed by atoms with E-state index in [1.54, 1.807) is 12.1 Å². The maximum atomic E-state index is 12.5. The molecular formula is C19H20F3NO2. The summed E-state index contributed by atoms with van der Waals surface area (Å²) in [6.07, 6.45) is -4.23. The fourth-order valence-electron chi connectivity index (χ4n) is 2.11. The van der Waals surface area contributed by atoms with E-state index in [0.29, 0.717) is 17.7 Å². The van der Waals surface area contributed by atoms with Crippen LogP contribution in [-0.2, 0) is 24.1 Å². The molecule has 0 heterocycles. The minimum Gasteiger partial charge on any atom is -0.374 e. The van der Waals surface area contributed by atoms with Crippen molar-refractivity contribution in [1.82, 2.24) is 5.32 Å². The summed E-state index contributed by atoms with van der Waals surface area (Å²) < 4.78 is 43.0. The van der Waals surface area contributed by atoms with E-state index in [2.05, 4.69) is 5.32 Å². The van der Waals surface area contributed by atoms with Crippen molar-refractivity contribution >= 4 is 5.91 Å². The second-order valence-electron chi connectivity index (χ2n) is 5.93. The topological polar surface area (TPSA) is 38.3 Å². The predicted octanol–water partition coefficient (Wildman–Crippen LogP) is 4.56. The first-order valence-corrected chi connectivity index (χ1v) is 7.90. The summed E-state index contributed by atoms with van der Waals surface area (Å²) in [5.74, 6) is -0.281. The van der Waals surface area contributed by atoms with Gasteiger partial charge in [0, 0.05) is 12.1 Å². The van der Waals surface area contributed by atoms with Crippen LogP contribution in [0.3, 0.4) is 0 Å². The lowest BCUT2D eigenvalue weighted by molar-refractivity contribution is -0.137. The zero-order valence-electron chi connectivity index (χ0n) is 14.1. The molecular weight excluding hydrogens is 331 g/mol. The highest BCUT2D eigenvalue weighted by Crippen LogP contribution is 2.29. The van der Waals surface area contributed by atoms with Gasteiger partial charge in [0.1, 0.15) is 0 Å². The molecule has 0 aliphatic carbocycles. The molecule has 3 nitrogen and oxygen atoms in total. The van der Waals surface area contributed by atoms with E-state index < -0.39 is 11.7 Å². The standard InChI is InChI=1S/C19H20F3NO2/c1-13(2)25-12-15-3-7-16(8-4-15)18(24)23-11-14-5-9-17(10-6-14)19(20,21)22/h3-10,13H,11-12H2,1-2H3,(H,23,24). The molecule has 1 N–H and O–H groups in total. The molecule has 0 unspecified atom stereocenters. The second-order valence-corrected chi connectivity index (χ2v) is 5.93. The van der Waals surface area contributed by atoms with Crippen LogP contribution in [0.1, 0.15) is 40.9 Å². The van der Waals surface area contributed by atoms with E-state index in [0.717, 1.165) is 17.7 Å². The van der Waals surface area contributed by atoms with Crippen molar-refractivity contribution in [3.05, 3.63) is 70.8 Å². The fraction of sp³-hybridized carbons (Fsp3) is 0.316. The van der Waals surface area contributed by atoms with Crippen molar-refractivity contribution in [3.63, 3.8) is 0 Å². The largest absolute Gasteiger partial charge is 0.416 e. The van der Waals surface area contributed by atoms with Gasteiger partial charge < -0.3 is 10.1 Å². The van der Waals surface area contributed by atoms with Crippen molar-refractivity contribution in [2.75, 3.05) is 0 Å². The number of nitrogens with one attached hydrogen (secondary N) is 1. The Hall–Kier alpha value is -2.34. The van der Waals surface area contributed by atoms with E-state index in [4.69, 9.17) is 4.74 Å². The van der Waals surface area contributed by atoms with Crippen LogP contribution in [0.5, 0.6) is 0 Å². The lowest BCUT2D eigenvalue weighted by atomic mass is 10.1. The molecule has 0 bridgehead atoms. The molecule has 0 fully saturated rings. The summed E-state index contributed by atoms with van der Waals surface area (Å²) in [4.78, 5) is 12.1. The highest BCUT2D eigenvalue weighted by molar-refractivity contribution is 5.94. The average molecular weight is 351 g/mol. The van der Waals surface area contributed by atoms with Crippen LogP contribution in [0.15, 0.2) is 48.5 Å². The predicted molar refractivity (Wildman–Crippen MR) is 89.0 cm³/mol. The lowest BCUT2D eigenvalue weighted by Crippen LogP contribution is -2.22. The first-order chi connectivity index (χ1) is 11.8. The average Bonchev–Trinajstić information content (AvgIpc) is 2.58. The van der Waals surface area contributed by atoms with E-state index in [-0.39, 0.29) is 18.6 Å². The number of hydrogen-bond acceptors (Lipinski definition) is 2. The monoisotopic (exact) mass is 351 g/mol. The summed E-state index contributed by atoms with van der Waals surface area (Å²) in [7, 11) is 0. The Bertz CT molecular complexity index is 692. The molecule has 0 saturated heterocycles. The van der Waals surface area contributed by atoms with Gasteiger partial charge in [-0.05, 0) is 49.2 Å². The molecule has 0 saturated carbocycles. The van der Waals surface area contributed by atoms with Crippen LogP contribution in [0.25, 0.3) is 0 Å². The number of hydrogen-bond donors (Lipinski definition) is 1. The maximum Gasteiger partial charge on any atom is 0.416 e. The van der Waals surface area contributed by atoms with Crippen LogP contribution in [0.2, 0.25) is 0 Å². The van der Waals surface area contributed by atoms with Gasteiger partial charge in [-0.15, -0.1) is 0 Å². The minimum atomic E-state index is -4.36. The maximum absolute atomic E-state index is 12.5. The summed E-state index contributed by atoms with van der Waals surface area (Å²) in [6.45, 7) is 4.53. The molecule has 0 spiro atoms. The van der Waals surface area contributed by atoms with Gasteiger partial charge in [0.2, 0.25) is 0 Å². The van der Waals surface area contributed by atoms with Gasteiger partial charge >= 0.3 is 6.18 Å². The van der Waals surface area contributed by atoms with Gasteiger partial charge in [-0.2, -0.15) is 13.2 Å². The van der Waals surface area contributed by atoms with Gasteiger partial charge in [-0.1, -0.05) is 24.3 Å². The first-order valence-electron chi connectivity index (χ1n) is 7.90. The molecule has 2 aromatic carbocycles. The first kappa shape index (κ1) is 19.0. The van der Waals surface area contributed by atoms with Crippen LogP contribution in [-0.4, -0.2) is 12.0 Å². The number of alkyl halides is 3. The summed E-state index contributed by atoms with van der Waals surface area (Å²) in [5.41, 5.74) is 1.35. The van der Waals surface area contributed by atoms with Gasteiger partial charge in [-0.25, -0.2) is 0 Å². The lowest BCUT2D eigenvalue weighted by Gasteiger charge is -2.10. The molecule has 0 atom stereocenters. The smallest absolute Gasteiger partial charge is 0.374 e. The van der Waals surface area contributed by atoms with Crippen molar-refractivity contribution in [2.45, 2.75) is 39.3 Å². The Labute approximate surface area is 144 Å². The Balaban J connectivity index is 1.89. The van der Waals surface area contributed by atoms with E-state index >= 15 is 0 Å². The fourth-order valence-corrected chi connectivity index (χ4v) is 2.11. The highest BCUT2D eigenvalue weighted by Gasteiger charge is 2.29. The van der Waals surface area contributed by atoms with Crippen LogP contribution in [0, 0.1) is 0 Å². The van der Waals surface area contributed by atoms with Gasteiger partial charge in [0.15, 0.2) is 0 Å². The van der Waals surface area contributed by atoms with Gasteiger partial charge in [-0.3, -0.25) is 4.79 Å². The molecule has 0 aliphatic heterocycles. The number of rotatable bonds is 6. The van der Waals surface area contributed by atoms with Crippen molar-refractivity contribution in [1.29, 1.82) is 0 Å². The Kier molecular flexibility index (Phi) is 6.20. The molecule has 0 aliphatic rings. The Morgan fingerprint density at radius 1 is 1.00 bits per heavy atom. The molecule has 0 radical (unpaired) electrons. The molecule has 2 aromatic rings. The summed E-state index contributed by atoms with van der Waals surface area (Å²) >= 11 is 0. The highest BCUT2D eigenvalue weighted by atomic mass is 19.4. The number of carbonyl (C=O) groups excluding carboxylic acids is 1. The zero-order valence-corrected chi connectivity index (χ0v) is 14.1. The molecule has 134 valence electrons. The summed E-state index contributed by atoms with van der Waals surface area (Å²) in [6, 6.07) is 11.7. The normalized spacial score (nSPS) is 11.6. The van der Waals surface area contributed by atoms with Crippen molar-refractivity contribution < 1.29 is 22.7 Å². The third-order valence-electron chi connectivity index (χ3n) is 3.53. The van der Waals surface area contributed by atoms with E-state index in [1.807, 2.05) is 26.0 Å². The summed E-state index contributed by atoms with van der Waals surface area (Å²) in [5, 5.41) is 2.69. The third kappa shape index (κ3) is 5.90. The third-order valence-corrected chi connectivity index (χ3v) is 3.53. The Morgan fingerprint density at radius 3 is 2.08 bits per heavy atom. The molecule has 1 amide bonds. The number of ether oxygens (including phenoxy) is 1. The van der Waals surface area contributed by atoms with Crippen LogP contribution in [0.4, 0.5) is 13.2 Å².